The molecule has 1 aromatic carbocycles. The van der Waals surface area contributed by atoms with Crippen molar-refractivity contribution < 1.29 is 9.21 Å². The normalized spacial score (nSPS) is 12.3. The Morgan fingerprint density at radius 1 is 1.25 bits per heavy atom. The molecule has 0 aliphatic rings. The van der Waals surface area contributed by atoms with Crippen LogP contribution < -0.4 is 11.1 Å². The number of carbonyl (C=O) groups excluding carboxylic acids is 1. The molecule has 1 unspecified atom stereocenters. The Labute approximate surface area is 143 Å². The molecule has 1 atom stereocenters. The number of oxazole rings is 1. The number of nitrogens with two attached hydrogens (primary N) is 1. The van der Waals surface area contributed by atoms with Crippen LogP contribution in [0.25, 0.3) is 0 Å². The van der Waals surface area contributed by atoms with E-state index in [4.69, 9.17) is 10.2 Å². The number of benzene rings is 1. The Morgan fingerprint density at radius 3 is 2.71 bits per heavy atom. The van der Waals surface area contributed by atoms with Crippen LogP contribution >= 0.6 is 0 Å². The van der Waals surface area contributed by atoms with Crippen molar-refractivity contribution >= 4 is 5.91 Å². The minimum Gasteiger partial charge on any atom is -0.446 e. The topological polar surface area (TPSA) is 81.1 Å². The van der Waals surface area contributed by atoms with Crippen LogP contribution in [0.1, 0.15) is 61.1 Å². The predicted molar refractivity (Wildman–Crippen MR) is 94.6 cm³/mol. The molecule has 0 spiro atoms. The number of nitrogens with one attached hydrogen (secondary N) is 1. The number of aromatic nitrogens is 1. The van der Waals surface area contributed by atoms with E-state index in [-0.39, 0.29) is 11.9 Å². The van der Waals surface area contributed by atoms with Crippen molar-refractivity contribution in [3.05, 3.63) is 53.7 Å². The van der Waals surface area contributed by atoms with E-state index in [1.54, 1.807) is 0 Å². The average molecular weight is 329 g/mol. The van der Waals surface area contributed by atoms with Crippen LogP contribution in [0, 0.1) is 5.92 Å². The third-order valence-electron chi connectivity index (χ3n) is 3.82. The lowest BCUT2D eigenvalue weighted by Gasteiger charge is -2.09. The van der Waals surface area contributed by atoms with Gasteiger partial charge < -0.3 is 15.5 Å². The first kappa shape index (κ1) is 18.2. The van der Waals surface area contributed by atoms with Crippen molar-refractivity contribution in [3.63, 3.8) is 0 Å². The molecule has 1 aromatic heterocycles. The smallest absolute Gasteiger partial charge is 0.273 e. The van der Waals surface area contributed by atoms with E-state index in [0.29, 0.717) is 24.0 Å². The van der Waals surface area contributed by atoms with Gasteiger partial charge in [-0.25, -0.2) is 4.98 Å². The molecule has 2 aromatic rings. The van der Waals surface area contributed by atoms with E-state index >= 15 is 0 Å². The first-order valence-electron chi connectivity index (χ1n) is 8.59. The van der Waals surface area contributed by atoms with Gasteiger partial charge in [0.1, 0.15) is 6.26 Å². The minimum atomic E-state index is -0.266. The Balaban J connectivity index is 1.70. The van der Waals surface area contributed by atoms with Crippen LogP contribution in [0.15, 0.2) is 41.0 Å². The summed E-state index contributed by atoms with van der Waals surface area (Å²) in [5, 5.41) is 2.88. The molecule has 0 bridgehead atoms. The Kier molecular flexibility index (Phi) is 7.00. The van der Waals surface area contributed by atoms with Gasteiger partial charge in [0.25, 0.3) is 5.91 Å². The van der Waals surface area contributed by atoms with Gasteiger partial charge in [-0.05, 0) is 37.2 Å². The number of rotatable bonds is 9. The molecule has 0 fully saturated rings. The lowest BCUT2D eigenvalue weighted by molar-refractivity contribution is 0.0948. The van der Waals surface area contributed by atoms with Gasteiger partial charge in [0.05, 0.1) is 6.04 Å². The van der Waals surface area contributed by atoms with Crippen molar-refractivity contribution in [2.75, 3.05) is 6.54 Å². The van der Waals surface area contributed by atoms with E-state index in [1.807, 2.05) is 18.2 Å². The number of aryl methyl sites for hydroxylation is 1. The fraction of sp³-hybridized carbons (Fsp3) is 0.474. The van der Waals surface area contributed by atoms with E-state index in [1.165, 1.54) is 11.8 Å². The molecular weight excluding hydrogens is 302 g/mol. The lowest BCUT2D eigenvalue weighted by atomic mass is 10.0. The Hall–Kier alpha value is -2.14. The van der Waals surface area contributed by atoms with E-state index in [2.05, 4.69) is 36.3 Å². The zero-order chi connectivity index (χ0) is 17.4. The molecule has 130 valence electrons. The van der Waals surface area contributed by atoms with Crippen LogP contribution in [-0.4, -0.2) is 17.4 Å². The van der Waals surface area contributed by atoms with Gasteiger partial charge in [0.15, 0.2) is 5.69 Å². The second-order valence-electron chi connectivity index (χ2n) is 6.51. The largest absolute Gasteiger partial charge is 0.446 e. The van der Waals surface area contributed by atoms with Crippen LogP contribution in [-0.2, 0) is 6.42 Å². The minimum absolute atomic E-state index is 0.207. The van der Waals surface area contributed by atoms with Crippen LogP contribution in [0.4, 0.5) is 0 Å². The molecule has 2 rings (SSSR count). The predicted octanol–water partition coefficient (Wildman–Crippen LogP) is 3.47. The van der Waals surface area contributed by atoms with Gasteiger partial charge in [0, 0.05) is 6.54 Å². The quantitative estimate of drug-likeness (QED) is 0.690. The number of nitrogens with zero attached hydrogens (tertiary/aromatic N) is 1. The van der Waals surface area contributed by atoms with E-state index < -0.39 is 0 Å². The number of amides is 1. The van der Waals surface area contributed by atoms with Crippen molar-refractivity contribution in [1.29, 1.82) is 0 Å². The van der Waals surface area contributed by atoms with Gasteiger partial charge in [-0.1, -0.05) is 44.2 Å². The molecule has 0 aliphatic carbocycles. The van der Waals surface area contributed by atoms with E-state index in [9.17, 15) is 4.79 Å². The summed E-state index contributed by atoms with van der Waals surface area (Å²) in [5.41, 5.74) is 7.64. The Morgan fingerprint density at radius 2 is 2.00 bits per heavy atom. The second kappa shape index (κ2) is 9.23. The van der Waals surface area contributed by atoms with E-state index in [0.717, 1.165) is 25.7 Å². The Bertz CT molecular complexity index is 623. The molecule has 0 saturated carbocycles. The molecule has 0 saturated heterocycles. The van der Waals surface area contributed by atoms with Gasteiger partial charge in [0.2, 0.25) is 5.89 Å². The van der Waals surface area contributed by atoms with Crippen LogP contribution in [0.2, 0.25) is 0 Å². The second-order valence-corrected chi connectivity index (χ2v) is 6.51. The zero-order valence-electron chi connectivity index (χ0n) is 14.5. The number of hydrogen-bond acceptors (Lipinski definition) is 4. The third kappa shape index (κ3) is 5.81. The molecular formula is C19H27N3O2. The van der Waals surface area contributed by atoms with Crippen molar-refractivity contribution in [3.8, 4) is 0 Å². The number of hydrogen-bond donors (Lipinski definition) is 2. The van der Waals surface area contributed by atoms with Crippen LogP contribution in [0.3, 0.4) is 0 Å². The lowest BCUT2D eigenvalue weighted by Crippen LogP contribution is -2.25. The monoisotopic (exact) mass is 329 g/mol. The highest BCUT2D eigenvalue weighted by Gasteiger charge is 2.17. The van der Waals surface area contributed by atoms with Crippen molar-refractivity contribution in [2.24, 2.45) is 11.7 Å². The maximum atomic E-state index is 12.1. The summed E-state index contributed by atoms with van der Waals surface area (Å²) in [5.74, 6) is 0.674. The molecule has 24 heavy (non-hydrogen) atoms. The molecule has 1 amide bonds. The van der Waals surface area contributed by atoms with Crippen molar-refractivity contribution in [2.45, 2.75) is 45.6 Å². The molecule has 3 N–H and O–H groups in total. The molecule has 0 radical (unpaired) electrons. The summed E-state index contributed by atoms with van der Waals surface area (Å²) in [6.07, 6.45) is 5.15. The fourth-order valence-electron chi connectivity index (χ4n) is 2.56. The van der Waals surface area contributed by atoms with Gasteiger partial charge in [-0.15, -0.1) is 0 Å². The first-order chi connectivity index (χ1) is 11.6. The highest BCUT2D eigenvalue weighted by molar-refractivity contribution is 5.91. The summed E-state index contributed by atoms with van der Waals surface area (Å²) in [6.45, 7) is 4.81. The van der Waals surface area contributed by atoms with Crippen LogP contribution in [0.5, 0.6) is 0 Å². The number of carbonyl (C=O) groups is 1. The molecule has 1 heterocycles. The van der Waals surface area contributed by atoms with Gasteiger partial charge in [-0.2, -0.15) is 0 Å². The summed E-state index contributed by atoms with van der Waals surface area (Å²) < 4.78 is 5.34. The van der Waals surface area contributed by atoms with Gasteiger partial charge >= 0.3 is 0 Å². The summed E-state index contributed by atoms with van der Waals surface area (Å²) in [4.78, 5) is 16.3. The maximum absolute atomic E-state index is 12.1. The van der Waals surface area contributed by atoms with Gasteiger partial charge in [-0.3, -0.25) is 4.79 Å². The highest BCUT2D eigenvalue weighted by Crippen LogP contribution is 2.18. The summed E-state index contributed by atoms with van der Waals surface area (Å²) >= 11 is 0. The third-order valence-corrected chi connectivity index (χ3v) is 3.82. The first-order valence-corrected chi connectivity index (χ1v) is 8.59. The summed E-state index contributed by atoms with van der Waals surface area (Å²) in [6, 6.07) is 10.1. The zero-order valence-corrected chi connectivity index (χ0v) is 14.5. The average Bonchev–Trinajstić information content (AvgIpc) is 3.05. The molecule has 5 heteroatoms. The standard InChI is InChI=1S/C19H27N3O2/c1-14(2)12-16(20)19-22-17(13-24-19)18(23)21-11-7-6-10-15-8-4-3-5-9-15/h3-5,8-9,13-14,16H,6-7,10-12,20H2,1-2H3,(H,21,23). The SMILES string of the molecule is CC(C)CC(N)c1nc(C(=O)NCCCCc2ccccc2)co1. The summed E-state index contributed by atoms with van der Waals surface area (Å²) in [7, 11) is 0. The molecule has 0 aliphatic heterocycles. The molecule has 5 nitrogen and oxygen atoms in total. The maximum Gasteiger partial charge on any atom is 0.273 e. The number of unbranched alkanes of at least 4 members (excludes halogenated alkanes) is 1. The van der Waals surface area contributed by atoms with Crippen molar-refractivity contribution in [1.82, 2.24) is 10.3 Å². The highest BCUT2D eigenvalue weighted by atomic mass is 16.3. The fourth-order valence-corrected chi connectivity index (χ4v) is 2.56.